The number of halogens is 3. The fourth-order valence-electron chi connectivity index (χ4n) is 3.99. The number of hydrogen-bond donors (Lipinski definition) is 2. The van der Waals surface area contributed by atoms with Crippen LogP contribution in [0.4, 0.5) is 10.1 Å². The summed E-state index contributed by atoms with van der Waals surface area (Å²) < 4.78 is 54.5. The first-order valence-corrected chi connectivity index (χ1v) is 14.9. The maximum Gasteiger partial charge on any atom is 0.310 e. The quantitative estimate of drug-likeness (QED) is 0.253. The SMILES string of the molecule is COC(=O)Cc1cc(Cl)c(Oc2ccc(C(=O)NC(C)(C)C)cc2NS(=O)(=O)c2ccc(C3CC3)cc2Cl)cc1F. The number of sulfonamides is 1. The molecule has 0 spiro atoms. The number of nitrogens with one attached hydrogen (secondary N) is 2. The second-order valence-electron chi connectivity index (χ2n) is 10.7. The Morgan fingerprint density at radius 2 is 1.71 bits per heavy atom. The number of carbonyl (C=O) groups excluding carboxylic acids is 2. The van der Waals surface area contributed by atoms with Crippen LogP contribution >= 0.6 is 23.2 Å². The minimum absolute atomic E-state index is 0.00591. The van der Waals surface area contributed by atoms with Crippen LogP contribution in [0.1, 0.15) is 61.0 Å². The first-order chi connectivity index (χ1) is 19.2. The van der Waals surface area contributed by atoms with Crippen molar-refractivity contribution in [1.82, 2.24) is 5.32 Å². The lowest BCUT2D eigenvalue weighted by molar-refractivity contribution is -0.139. The Hall–Kier alpha value is -3.34. The zero-order valence-electron chi connectivity index (χ0n) is 22.8. The molecular formula is C29H29Cl2FN2O6S. The van der Waals surface area contributed by atoms with E-state index in [1.807, 2.05) is 0 Å². The van der Waals surface area contributed by atoms with E-state index in [2.05, 4.69) is 14.8 Å². The van der Waals surface area contributed by atoms with Gasteiger partial charge in [-0.25, -0.2) is 12.8 Å². The van der Waals surface area contributed by atoms with E-state index in [9.17, 15) is 22.4 Å². The average molecular weight is 624 g/mol. The van der Waals surface area contributed by atoms with Gasteiger partial charge in [-0.3, -0.25) is 14.3 Å². The minimum Gasteiger partial charge on any atom is -0.469 e. The summed E-state index contributed by atoms with van der Waals surface area (Å²) in [5.41, 5.74) is 0.439. The number of benzene rings is 3. The van der Waals surface area contributed by atoms with Gasteiger partial charge < -0.3 is 14.8 Å². The zero-order chi connectivity index (χ0) is 30.1. The lowest BCUT2D eigenvalue weighted by Crippen LogP contribution is -2.40. The topological polar surface area (TPSA) is 111 Å². The molecule has 1 saturated carbocycles. The van der Waals surface area contributed by atoms with Crippen molar-refractivity contribution >= 4 is 50.8 Å². The van der Waals surface area contributed by atoms with Gasteiger partial charge >= 0.3 is 5.97 Å². The van der Waals surface area contributed by atoms with Gasteiger partial charge in [0.05, 0.1) is 29.3 Å². The normalized spacial score (nSPS) is 13.4. The lowest BCUT2D eigenvalue weighted by atomic mass is 10.1. The molecule has 8 nitrogen and oxygen atoms in total. The molecule has 0 bridgehead atoms. The largest absolute Gasteiger partial charge is 0.469 e. The van der Waals surface area contributed by atoms with Crippen LogP contribution in [-0.2, 0) is 26.0 Å². The highest BCUT2D eigenvalue weighted by Crippen LogP contribution is 2.42. The van der Waals surface area contributed by atoms with Crippen molar-refractivity contribution in [3.05, 3.63) is 81.1 Å². The van der Waals surface area contributed by atoms with Crippen LogP contribution in [0, 0.1) is 5.82 Å². The summed E-state index contributed by atoms with van der Waals surface area (Å²) in [5, 5.41) is 2.83. The van der Waals surface area contributed by atoms with E-state index < -0.39 is 33.3 Å². The average Bonchev–Trinajstić information content (AvgIpc) is 3.72. The third-order valence-corrected chi connectivity index (χ3v) is 8.30. The molecule has 0 saturated heterocycles. The van der Waals surface area contributed by atoms with Gasteiger partial charge in [0, 0.05) is 22.7 Å². The first-order valence-electron chi connectivity index (χ1n) is 12.7. The lowest BCUT2D eigenvalue weighted by Gasteiger charge is -2.21. The van der Waals surface area contributed by atoms with Gasteiger partial charge in [-0.1, -0.05) is 29.3 Å². The van der Waals surface area contributed by atoms with Crippen molar-refractivity contribution in [3.8, 4) is 11.5 Å². The molecule has 3 aromatic carbocycles. The maximum absolute atomic E-state index is 14.8. The first kappa shape index (κ1) is 30.6. The zero-order valence-corrected chi connectivity index (χ0v) is 25.1. The van der Waals surface area contributed by atoms with Gasteiger partial charge in [0.15, 0.2) is 5.75 Å². The van der Waals surface area contributed by atoms with Crippen molar-refractivity contribution in [2.75, 3.05) is 11.8 Å². The Kier molecular flexibility index (Phi) is 8.87. The molecule has 0 atom stereocenters. The van der Waals surface area contributed by atoms with E-state index in [1.54, 1.807) is 32.9 Å². The molecule has 1 fully saturated rings. The fourth-order valence-corrected chi connectivity index (χ4v) is 5.83. The van der Waals surface area contributed by atoms with Crippen LogP contribution in [0.25, 0.3) is 0 Å². The van der Waals surface area contributed by atoms with Gasteiger partial charge in [0.2, 0.25) is 0 Å². The van der Waals surface area contributed by atoms with Gasteiger partial charge in [-0.05, 0) is 81.5 Å². The minimum atomic E-state index is -4.25. The molecular weight excluding hydrogens is 594 g/mol. The van der Waals surface area contributed by atoms with Gasteiger partial charge in [-0.15, -0.1) is 0 Å². The Morgan fingerprint density at radius 3 is 2.32 bits per heavy atom. The van der Waals surface area contributed by atoms with E-state index in [1.165, 1.54) is 37.4 Å². The molecule has 41 heavy (non-hydrogen) atoms. The third-order valence-electron chi connectivity index (χ3n) is 6.15. The van der Waals surface area contributed by atoms with E-state index >= 15 is 0 Å². The number of anilines is 1. The number of esters is 1. The summed E-state index contributed by atoms with van der Waals surface area (Å²) in [6.07, 6.45) is 1.71. The van der Waals surface area contributed by atoms with E-state index in [4.69, 9.17) is 27.9 Å². The molecule has 1 amide bonds. The van der Waals surface area contributed by atoms with Crippen LogP contribution in [0.3, 0.4) is 0 Å². The number of methoxy groups -OCH3 is 1. The molecule has 1 aliphatic rings. The Bertz CT molecular complexity index is 1620. The molecule has 12 heteroatoms. The molecule has 0 radical (unpaired) electrons. The number of amides is 1. The van der Waals surface area contributed by atoms with Crippen molar-refractivity contribution in [3.63, 3.8) is 0 Å². The molecule has 218 valence electrons. The summed E-state index contributed by atoms with van der Waals surface area (Å²) in [6.45, 7) is 5.42. The second kappa shape index (κ2) is 11.9. The Labute approximate surface area is 248 Å². The monoisotopic (exact) mass is 622 g/mol. The maximum atomic E-state index is 14.8. The highest BCUT2D eigenvalue weighted by atomic mass is 35.5. The molecule has 3 aromatic rings. The standard InChI is InChI=1S/C29H29Cl2FN2O6S/c1-29(2,3)33-28(36)18-7-9-24(40-25-15-22(32)19(12-20(25)30)14-27(35)39-4)23(13-18)34-41(37,38)26-10-8-17(11-21(26)31)16-5-6-16/h7-13,15-16,34H,5-6,14H2,1-4H3,(H,33,36). The van der Waals surface area contributed by atoms with Crippen molar-refractivity contribution < 1.29 is 31.9 Å². The summed E-state index contributed by atoms with van der Waals surface area (Å²) in [5.74, 6) is -1.71. The molecule has 0 unspecified atom stereocenters. The van der Waals surface area contributed by atoms with Crippen LogP contribution in [-0.4, -0.2) is 32.9 Å². The Morgan fingerprint density at radius 1 is 1.00 bits per heavy atom. The fraction of sp³-hybridized carbons (Fsp3) is 0.310. The molecule has 0 aliphatic heterocycles. The van der Waals surface area contributed by atoms with Crippen molar-refractivity contribution in [2.24, 2.45) is 0 Å². The number of ether oxygens (including phenoxy) is 2. The molecule has 4 rings (SSSR count). The number of hydrogen-bond acceptors (Lipinski definition) is 6. The number of carbonyl (C=O) groups is 2. The predicted molar refractivity (Wildman–Crippen MR) is 155 cm³/mol. The van der Waals surface area contributed by atoms with Crippen molar-refractivity contribution in [2.45, 2.75) is 56.4 Å². The molecule has 0 heterocycles. The van der Waals surface area contributed by atoms with Crippen LogP contribution in [0.15, 0.2) is 53.4 Å². The van der Waals surface area contributed by atoms with E-state index in [0.29, 0.717) is 5.92 Å². The van der Waals surface area contributed by atoms with Crippen LogP contribution in [0.5, 0.6) is 11.5 Å². The van der Waals surface area contributed by atoms with Gasteiger partial charge in [0.1, 0.15) is 16.5 Å². The number of rotatable bonds is 9. The van der Waals surface area contributed by atoms with Gasteiger partial charge in [0.25, 0.3) is 15.9 Å². The summed E-state index contributed by atoms with van der Waals surface area (Å²) in [7, 11) is -3.07. The molecule has 1 aliphatic carbocycles. The van der Waals surface area contributed by atoms with E-state index in [-0.39, 0.29) is 49.7 Å². The predicted octanol–water partition coefficient (Wildman–Crippen LogP) is 6.85. The van der Waals surface area contributed by atoms with Gasteiger partial charge in [-0.2, -0.15) is 0 Å². The summed E-state index contributed by atoms with van der Waals surface area (Å²) >= 11 is 12.7. The summed E-state index contributed by atoms with van der Waals surface area (Å²) in [6, 6.07) is 11.1. The van der Waals surface area contributed by atoms with Crippen LogP contribution in [0.2, 0.25) is 10.0 Å². The van der Waals surface area contributed by atoms with Crippen molar-refractivity contribution in [1.29, 1.82) is 0 Å². The molecule has 0 aromatic heterocycles. The highest BCUT2D eigenvalue weighted by molar-refractivity contribution is 7.92. The summed E-state index contributed by atoms with van der Waals surface area (Å²) in [4.78, 5) is 24.3. The highest BCUT2D eigenvalue weighted by Gasteiger charge is 2.27. The smallest absolute Gasteiger partial charge is 0.310 e. The second-order valence-corrected chi connectivity index (χ2v) is 13.2. The van der Waals surface area contributed by atoms with E-state index in [0.717, 1.165) is 24.5 Å². The van der Waals surface area contributed by atoms with Crippen LogP contribution < -0.4 is 14.8 Å². The Balaban J connectivity index is 1.71. The molecule has 2 N–H and O–H groups in total. The third kappa shape index (κ3) is 7.69.